The summed E-state index contributed by atoms with van der Waals surface area (Å²) in [5.74, 6) is 0.726. The molecule has 8 rings (SSSR count). The highest BCUT2D eigenvalue weighted by atomic mass is 35.5. The lowest BCUT2D eigenvalue weighted by Gasteiger charge is -2.36. The first kappa shape index (κ1) is 41.4. The van der Waals surface area contributed by atoms with Crippen molar-refractivity contribution in [1.29, 1.82) is 0 Å². The summed E-state index contributed by atoms with van der Waals surface area (Å²) in [5.41, 5.74) is 5.05. The van der Waals surface area contributed by atoms with Gasteiger partial charge >= 0.3 is 0 Å². The van der Waals surface area contributed by atoms with Crippen LogP contribution in [0, 0.1) is 10.1 Å². The number of benzene rings is 5. The van der Waals surface area contributed by atoms with Gasteiger partial charge in [0.05, 0.1) is 28.5 Å². The summed E-state index contributed by atoms with van der Waals surface area (Å²) in [5, 5.41) is 17.0. The number of morpholine rings is 1. The molecule has 2 saturated heterocycles. The molecule has 2 N–H and O–H groups in total. The first-order chi connectivity index (χ1) is 29.2. The lowest BCUT2D eigenvalue weighted by atomic mass is 9.99. The first-order valence-electron chi connectivity index (χ1n) is 19.8. The number of aromatic nitrogens is 2. The van der Waals surface area contributed by atoms with E-state index in [1.165, 1.54) is 29.6 Å². The molecule has 0 bridgehead atoms. The summed E-state index contributed by atoms with van der Waals surface area (Å²) in [6.45, 7) is 7.59. The van der Waals surface area contributed by atoms with Crippen molar-refractivity contribution in [2.75, 3.05) is 79.7 Å². The number of hydrogen-bond acceptors (Lipinski definition) is 12. The number of anilines is 3. The third-order valence-electron chi connectivity index (χ3n) is 10.8. The van der Waals surface area contributed by atoms with Crippen molar-refractivity contribution in [3.05, 3.63) is 142 Å². The Kier molecular flexibility index (Phi) is 13.1. The van der Waals surface area contributed by atoms with Crippen molar-refractivity contribution in [1.82, 2.24) is 19.8 Å². The molecule has 0 saturated carbocycles. The van der Waals surface area contributed by atoms with E-state index in [-0.39, 0.29) is 28.1 Å². The van der Waals surface area contributed by atoms with E-state index in [1.807, 2.05) is 60.7 Å². The van der Waals surface area contributed by atoms with E-state index in [1.54, 1.807) is 11.8 Å². The minimum absolute atomic E-state index is 0.0871. The van der Waals surface area contributed by atoms with Gasteiger partial charge in [-0.25, -0.2) is 18.4 Å². The Bertz CT molecular complexity index is 2540. The predicted molar refractivity (Wildman–Crippen MR) is 240 cm³/mol. The van der Waals surface area contributed by atoms with Gasteiger partial charge in [-0.1, -0.05) is 66.2 Å². The fraction of sp³-hybridized carbons (Fsp3) is 0.273. The van der Waals surface area contributed by atoms with E-state index in [9.17, 15) is 18.5 Å². The fourth-order valence-corrected chi connectivity index (χ4v) is 9.71. The second-order valence-electron chi connectivity index (χ2n) is 14.8. The zero-order valence-corrected chi connectivity index (χ0v) is 35.2. The van der Waals surface area contributed by atoms with Gasteiger partial charge < -0.3 is 15.0 Å². The van der Waals surface area contributed by atoms with Crippen LogP contribution < -0.4 is 14.9 Å². The summed E-state index contributed by atoms with van der Waals surface area (Å²) in [4.78, 5) is 28.4. The summed E-state index contributed by atoms with van der Waals surface area (Å²) in [7, 11) is -4.28. The molecule has 6 aromatic rings. The zero-order chi connectivity index (χ0) is 41.5. The van der Waals surface area contributed by atoms with Crippen LogP contribution in [0.1, 0.15) is 5.56 Å². The summed E-state index contributed by atoms with van der Waals surface area (Å²) in [6, 6.07) is 35.8. The van der Waals surface area contributed by atoms with Crippen molar-refractivity contribution in [2.24, 2.45) is 0 Å². The lowest BCUT2D eigenvalue weighted by Crippen LogP contribution is -2.46. The summed E-state index contributed by atoms with van der Waals surface area (Å²) >= 11 is 7.80. The average molecular weight is 865 g/mol. The Morgan fingerprint density at radius 1 is 0.833 bits per heavy atom. The van der Waals surface area contributed by atoms with E-state index in [0.717, 1.165) is 68.0 Å². The Morgan fingerprint density at radius 2 is 1.58 bits per heavy atom. The molecule has 1 aromatic heterocycles. The molecule has 16 heteroatoms. The monoisotopic (exact) mass is 864 g/mol. The van der Waals surface area contributed by atoms with Crippen LogP contribution in [0.3, 0.4) is 0 Å². The molecule has 0 radical (unpaired) electrons. The van der Waals surface area contributed by atoms with Crippen LogP contribution in [-0.4, -0.2) is 104 Å². The normalized spacial score (nSPS) is 15.8. The van der Waals surface area contributed by atoms with E-state index >= 15 is 0 Å². The topological polar surface area (TPSA) is 146 Å². The Hall–Kier alpha value is -5.29. The highest BCUT2D eigenvalue weighted by molar-refractivity contribution is 7.99. The van der Waals surface area contributed by atoms with Gasteiger partial charge in [0.2, 0.25) is 0 Å². The first-order valence-corrected chi connectivity index (χ1v) is 22.6. The van der Waals surface area contributed by atoms with Crippen molar-refractivity contribution in [3.8, 4) is 11.1 Å². The molecule has 3 heterocycles. The molecule has 0 amide bonds. The predicted octanol–water partition coefficient (Wildman–Crippen LogP) is 7.89. The molecule has 1 atom stereocenters. The van der Waals surface area contributed by atoms with Crippen LogP contribution in [0.15, 0.2) is 131 Å². The van der Waals surface area contributed by atoms with E-state index in [2.05, 4.69) is 71.1 Å². The fourth-order valence-electron chi connectivity index (χ4n) is 7.60. The van der Waals surface area contributed by atoms with Gasteiger partial charge in [0.1, 0.15) is 12.0 Å². The maximum Gasteiger partial charge on any atom is 0.293 e. The molecule has 310 valence electrons. The highest BCUT2D eigenvalue weighted by Crippen LogP contribution is 2.33. The number of nitrogens with one attached hydrogen (secondary N) is 2. The molecule has 0 spiro atoms. The lowest BCUT2D eigenvalue weighted by molar-refractivity contribution is -0.384. The number of sulfonamides is 1. The van der Waals surface area contributed by atoms with Crippen LogP contribution in [0.4, 0.5) is 22.9 Å². The third-order valence-corrected chi connectivity index (χ3v) is 13.5. The highest BCUT2D eigenvalue weighted by Gasteiger charge is 2.26. The van der Waals surface area contributed by atoms with Crippen LogP contribution in [0.5, 0.6) is 0 Å². The molecular formula is C44H45ClN8O5S2. The van der Waals surface area contributed by atoms with Gasteiger partial charge in [-0.15, -0.1) is 11.8 Å². The second kappa shape index (κ2) is 19.0. The smallest absolute Gasteiger partial charge is 0.293 e. The standard InChI is InChI=1S/C44H45ClN8O5S2/c45-34-12-10-32(11-13-34)39-9-5-4-6-33(39)28-50-18-20-52(21-19-50)36-14-16-40-42(26-36)46-31-47-44(40)49-60(56,57)38-15-17-41(43(27-38)53(54)55)48-35(29-51-22-24-58-25-23-51)30-59-37-7-2-1-3-8-37/h1-17,26-27,31,35,48H,18-25,28-30H2,(H,46,47,49). The number of halogens is 1. The molecule has 2 aliphatic heterocycles. The Balaban J connectivity index is 0.940. The van der Waals surface area contributed by atoms with Crippen LogP contribution in [0.25, 0.3) is 22.0 Å². The Labute approximate surface area is 358 Å². The maximum absolute atomic E-state index is 13.8. The molecule has 1 unspecified atom stereocenters. The zero-order valence-electron chi connectivity index (χ0n) is 32.8. The number of nitrogens with zero attached hydrogens (tertiary/aromatic N) is 6. The number of piperazine rings is 1. The number of nitro benzene ring substituents is 1. The second-order valence-corrected chi connectivity index (χ2v) is 18.0. The largest absolute Gasteiger partial charge is 0.379 e. The van der Waals surface area contributed by atoms with E-state index in [0.29, 0.717) is 41.4 Å². The van der Waals surface area contributed by atoms with Crippen LogP contribution >= 0.6 is 23.4 Å². The molecule has 5 aromatic carbocycles. The number of thioether (sulfide) groups is 1. The van der Waals surface area contributed by atoms with Gasteiger partial charge in [-0.3, -0.25) is 24.6 Å². The van der Waals surface area contributed by atoms with Gasteiger partial charge in [0.15, 0.2) is 5.82 Å². The van der Waals surface area contributed by atoms with Gasteiger partial charge in [0, 0.05) is 91.2 Å². The summed E-state index contributed by atoms with van der Waals surface area (Å²) in [6.07, 6.45) is 1.32. The number of rotatable bonds is 15. The molecular weight excluding hydrogens is 820 g/mol. The van der Waals surface area contributed by atoms with E-state index in [4.69, 9.17) is 16.3 Å². The number of fused-ring (bicyclic) bond motifs is 1. The minimum atomic E-state index is -4.28. The number of hydrogen-bond donors (Lipinski definition) is 2. The van der Waals surface area contributed by atoms with Crippen molar-refractivity contribution in [2.45, 2.75) is 22.4 Å². The Morgan fingerprint density at radius 3 is 2.35 bits per heavy atom. The van der Waals surface area contributed by atoms with Crippen molar-refractivity contribution >= 4 is 67.2 Å². The quantitative estimate of drug-likeness (QED) is 0.0588. The van der Waals surface area contributed by atoms with Gasteiger partial charge in [0.25, 0.3) is 15.7 Å². The maximum atomic E-state index is 13.8. The van der Waals surface area contributed by atoms with Gasteiger partial charge in [-0.2, -0.15) is 0 Å². The summed E-state index contributed by atoms with van der Waals surface area (Å²) < 4.78 is 35.7. The molecule has 2 fully saturated rings. The molecule has 2 aliphatic rings. The molecule has 0 aliphatic carbocycles. The van der Waals surface area contributed by atoms with Crippen molar-refractivity contribution in [3.63, 3.8) is 0 Å². The van der Waals surface area contributed by atoms with Crippen LogP contribution in [-0.2, 0) is 21.3 Å². The van der Waals surface area contributed by atoms with Gasteiger partial charge in [-0.05, 0) is 71.3 Å². The SMILES string of the molecule is O=[N+]([O-])c1cc(S(=O)(=O)Nc2ncnc3cc(N4CCN(Cc5ccccc5-c5ccc(Cl)cc5)CC4)ccc23)ccc1NC(CSc1ccccc1)CN1CCOCC1. The van der Waals surface area contributed by atoms with Crippen LogP contribution in [0.2, 0.25) is 5.02 Å². The van der Waals surface area contributed by atoms with Crippen molar-refractivity contribution < 1.29 is 18.1 Å². The minimum Gasteiger partial charge on any atom is -0.379 e. The van der Waals surface area contributed by atoms with E-state index < -0.39 is 14.9 Å². The number of nitro groups is 1. The number of ether oxygens (including phenoxy) is 1. The molecule has 60 heavy (non-hydrogen) atoms. The average Bonchev–Trinajstić information content (AvgIpc) is 3.27. The third kappa shape index (κ3) is 10.2. The molecule has 13 nitrogen and oxygen atoms in total.